The zero-order chi connectivity index (χ0) is 15.6. The molecule has 0 aromatic heterocycles. The molecule has 1 aliphatic heterocycles. The Morgan fingerprint density at radius 1 is 1.33 bits per heavy atom. The van der Waals surface area contributed by atoms with Crippen LogP contribution in [0.5, 0.6) is 0 Å². The van der Waals surface area contributed by atoms with Crippen LogP contribution in [0, 0.1) is 11.6 Å². The van der Waals surface area contributed by atoms with Crippen molar-refractivity contribution in [1.29, 1.82) is 0 Å². The molecule has 7 heteroatoms. The van der Waals surface area contributed by atoms with Gasteiger partial charge in [-0.2, -0.15) is 0 Å². The minimum Gasteiger partial charge on any atom is -0.335 e. The van der Waals surface area contributed by atoms with Crippen LogP contribution >= 0.6 is 0 Å². The zero-order valence-electron chi connectivity index (χ0n) is 12.2. The number of nitrogens with two attached hydrogens (primary N) is 1. The summed E-state index contributed by atoms with van der Waals surface area (Å²) in [6.45, 7) is 4.14. The number of nitrogens with zero attached hydrogens (tertiary/aromatic N) is 2. The third-order valence-electron chi connectivity index (χ3n) is 3.74. The van der Waals surface area contributed by atoms with E-state index >= 15 is 0 Å². The quantitative estimate of drug-likeness (QED) is 0.640. The second-order valence-electron chi connectivity index (χ2n) is 5.42. The van der Waals surface area contributed by atoms with Gasteiger partial charge in [0.1, 0.15) is 5.69 Å². The van der Waals surface area contributed by atoms with Gasteiger partial charge >= 0.3 is 0 Å². The summed E-state index contributed by atoms with van der Waals surface area (Å²) in [4.78, 5) is 16.3. The lowest BCUT2D eigenvalue weighted by atomic mass is 10.1. The minimum atomic E-state index is -0.875. The second kappa shape index (κ2) is 6.36. The number of hydrogen-bond acceptors (Lipinski definition) is 4. The molecule has 116 valence electrons. The second-order valence-corrected chi connectivity index (χ2v) is 5.42. The fourth-order valence-corrected chi connectivity index (χ4v) is 2.67. The van der Waals surface area contributed by atoms with E-state index in [1.54, 1.807) is 4.90 Å². The monoisotopic (exact) mass is 298 g/mol. The molecule has 1 amide bonds. The number of rotatable bonds is 2. The van der Waals surface area contributed by atoms with E-state index in [4.69, 9.17) is 5.84 Å². The predicted octanol–water partition coefficient (Wildman–Crippen LogP) is 1.42. The number of hydrazine groups is 1. The van der Waals surface area contributed by atoms with Crippen LogP contribution in [-0.2, 0) is 0 Å². The van der Waals surface area contributed by atoms with Gasteiger partial charge in [-0.1, -0.05) is 0 Å². The lowest BCUT2D eigenvalue weighted by Gasteiger charge is -2.28. The summed E-state index contributed by atoms with van der Waals surface area (Å²) < 4.78 is 27.4. The van der Waals surface area contributed by atoms with E-state index in [1.165, 1.54) is 0 Å². The van der Waals surface area contributed by atoms with Crippen molar-refractivity contribution < 1.29 is 13.6 Å². The number of benzene rings is 1. The van der Waals surface area contributed by atoms with Crippen LogP contribution < -0.4 is 11.3 Å². The van der Waals surface area contributed by atoms with Gasteiger partial charge in [-0.15, -0.1) is 0 Å². The van der Waals surface area contributed by atoms with Crippen LogP contribution in [0.2, 0.25) is 0 Å². The van der Waals surface area contributed by atoms with E-state index in [0.717, 1.165) is 31.6 Å². The highest BCUT2D eigenvalue weighted by atomic mass is 19.1. The lowest BCUT2D eigenvalue weighted by molar-refractivity contribution is 0.0695. The molecule has 3 N–H and O–H groups in total. The molecule has 1 fully saturated rings. The number of carbonyl (C=O) groups is 1. The topological polar surface area (TPSA) is 61.6 Å². The maximum absolute atomic E-state index is 13.7. The largest absolute Gasteiger partial charge is 0.335 e. The molecule has 0 bridgehead atoms. The summed E-state index contributed by atoms with van der Waals surface area (Å²) in [5.41, 5.74) is 1.52. The number of nitrogens with one attached hydrogen (secondary N) is 1. The Morgan fingerprint density at radius 3 is 2.52 bits per heavy atom. The highest BCUT2D eigenvalue weighted by Crippen LogP contribution is 2.22. The van der Waals surface area contributed by atoms with Crippen LogP contribution in [0.15, 0.2) is 12.1 Å². The third kappa shape index (κ3) is 3.30. The van der Waals surface area contributed by atoms with E-state index < -0.39 is 17.3 Å². The number of nitrogen functional groups attached to an aromatic ring is 1. The summed E-state index contributed by atoms with van der Waals surface area (Å²) in [7, 11) is 1.99. The summed E-state index contributed by atoms with van der Waals surface area (Å²) in [5, 5.41) is 0. The Kier molecular flexibility index (Phi) is 4.74. The highest BCUT2D eigenvalue weighted by molar-refractivity contribution is 5.95. The molecule has 1 aliphatic rings. The average molecular weight is 298 g/mol. The number of anilines is 1. The van der Waals surface area contributed by atoms with Gasteiger partial charge in [-0.05, 0) is 39.1 Å². The normalized spacial score (nSPS) is 20.2. The molecule has 5 nitrogen and oxygen atoms in total. The molecule has 1 aromatic rings. The maximum atomic E-state index is 13.7. The Bertz CT molecular complexity index is 515. The first kappa shape index (κ1) is 15.7. The molecular weight excluding hydrogens is 278 g/mol. The Morgan fingerprint density at radius 2 is 1.95 bits per heavy atom. The number of halogens is 2. The van der Waals surface area contributed by atoms with Crippen molar-refractivity contribution in [3.05, 3.63) is 29.3 Å². The molecule has 1 saturated heterocycles. The summed E-state index contributed by atoms with van der Waals surface area (Å²) >= 11 is 0. The molecule has 1 aromatic carbocycles. The van der Waals surface area contributed by atoms with Gasteiger partial charge in [0.05, 0.1) is 0 Å². The van der Waals surface area contributed by atoms with Crippen molar-refractivity contribution in [2.75, 3.05) is 32.1 Å². The van der Waals surface area contributed by atoms with Crippen molar-refractivity contribution >= 4 is 11.6 Å². The van der Waals surface area contributed by atoms with Crippen molar-refractivity contribution in [3.63, 3.8) is 0 Å². The van der Waals surface area contributed by atoms with E-state index in [1.807, 2.05) is 19.4 Å². The first-order valence-corrected chi connectivity index (χ1v) is 6.89. The molecule has 1 unspecified atom stereocenters. The van der Waals surface area contributed by atoms with Gasteiger partial charge in [0.15, 0.2) is 11.6 Å². The van der Waals surface area contributed by atoms with Crippen molar-refractivity contribution in [2.24, 2.45) is 5.84 Å². The third-order valence-corrected chi connectivity index (χ3v) is 3.74. The minimum absolute atomic E-state index is 0.000373. The summed E-state index contributed by atoms with van der Waals surface area (Å²) in [6, 6.07) is 2.02. The maximum Gasteiger partial charge on any atom is 0.254 e. The van der Waals surface area contributed by atoms with Gasteiger partial charge < -0.3 is 15.2 Å². The molecule has 0 saturated carbocycles. The Hall–Kier alpha value is -1.73. The van der Waals surface area contributed by atoms with E-state index in [-0.39, 0.29) is 17.5 Å². The molecule has 2 rings (SSSR count). The fraction of sp³-hybridized carbons (Fsp3) is 0.500. The van der Waals surface area contributed by atoms with E-state index in [2.05, 4.69) is 4.90 Å². The van der Waals surface area contributed by atoms with Crippen molar-refractivity contribution in [3.8, 4) is 0 Å². The van der Waals surface area contributed by atoms with E-state index in [9.17, 15) is 13.6 Å². The standard InChI is InChI=1S/C14H20F2N4O/c1-9-8-19(2)4-3-5-20(9)14(21)10-6-11(15)13(18-17)12(16)7-10/h6-7,9,18H,3-5,8,17H2,1-2H3. The molecule has 0 aliphatic carbocycles. The molecule has 0 radical (unpaired) electrons. The number of hydrogen-bond donors (Lipinski definition) is 2. The van der Waals surface area contributed by atoms with Crippen LogP contribution in [0.4, 0.5) is 14.5 Å². The van der Waals surface area contributed by atoms with Crippen LogP contribution in [0.1, 0.15) is 23.7 Å². The first-order valence-electron chi connectivity index (χ1n) is 6.89. The summed E-state index contributed by atoms with van der Waals surface area (Å²) in [6.07, 6.45) is 0.833. The lowest BCUT2D eigenvalue weighted by Crippen LogP contribution is -2.42. The first-order chi connectivity index (χ1) is 9.93. The fourth-order valence-electron chi connectivity index (χ4n) is 2.67. The molecule has 1 atom stereocenters. The molecule has 0 spiro atoms. The Balaban J connectivity index is 2.27. The molecular formula is C14H20F2N4O. The number of carbonyl (C=O) groups excluding carboxylic acids is 1. The van der Waals surface area contributed by atoms with Crippen molar-refractivity contribution in [2.45, 2.75) is 19.4 Å². The van der Waals surface area contributed by atoms with Crippen LogP contribution in [0.3, 0.4) is 0 Å². The summed E-state index contributed by atoms with van der Waals surface area (Å²) in [5.74, 6) is 2.94. The highest BCUT2D eigenvalue weighted by Gasteiger charge is 2.26. The average Bonchev–Trinajstić information content (AvgIpc) is 2.58. The van der Waals surface area contributed by atoms with E-state index in [0.29, 0.717) is 6.54 Å². The molecule has 1 heterocycles. The SMILES string of the molecule is CC1CN(C)CCCN1C(=O)c1cc(F)c(NN)c(F)c1. The predicted molar refractivity (Wildman–Crippen MR) is 76.8 cm³/mol. The zero-order valence-corrected chi connectivity index (χ0v) is 12.2. The molecule has 21 heavy (non-hydrogen) atoms. The van der Waals surface area contributed by atoms with Crippen LogP contribution in [-0.4, -0.2) is 48.4 Å². The van der Waals surface area contributed by atoms with Gasteiger partial charge in [0, 0.05) is 24.7 Å². The Labute approximate surface area is 122 Å². The van der Waals surface area contributed by atoms with Crippen LogP contribution in [0.25, 0.3) is 0 Å². The number of amides is 1. The van der Waals surface area contributed by atoms with Gasteiger partial charge in [0.25, 0.3) is 5.91 Å². The van der Waals surface area contributed by atoms with Gasteiger partial charge in [-0.3, -0.25) is 10.6 Å². The van der Waals surface area contributed by atoms with Gasteiger partial charge in [0.2, 0.25) is 0 Å². The van der Waals surface area contributed by atoms with Gasteiger partial charge in [-0.25, -0.2) is 8.78 Å². The smallest absolute Gasteiger partial charge is 0.254 e. The van der Waals surface area contributed by atoms with Crippen molar-refractivity contribution in [1.82, 2.24) is 9.80 Å². The number of likely N-dealkylation sites (N-methyl/N-ethyl adjacent to an activating group) is 1.